The molecule has 5 rings (SSSR count). The first-order valence-electron chi connectivity index (χ1n) is 12.4. The Balaban J connectivity index is 1.40. The fraction of sp³-hybridized carbons (Fsp3) is 0.269. The quantitative estimate of drug-likeness (QED) is 0.263. The maximum absolute atomic E-state index is 13.5. The summed E-state index contributed by atoms with van der Waals surface area (Å²) in [5.74, 6) is 5.19. The standard InChI is InChI=1S/C26H21F6N7O3/c27-25(28,29)17-7-8-35-20(11-17)36-23(40)15-3-1-14(2-4-15)22-37-21(18-12-34-9-10-39(18,22)33)16-5-6-19(26(30,31)32)38(13-16)24(41)42/h1-4,7-12,16,19H,5-6,13,33H2,(H-,35,36,40,41,42)/p+1/t16-,19+,39?/m0/s1. The summed E-state index contributed by atoms with van der Waals surface area (Å²) in [5, 5.41) is 11.8. The van der Waals surface area contributed by atoms with Crippen molar-refractivity contribution in [3.63, 3.8) is 0 Å². The lowest BCUT2D eigenvalue weighted by molar-refractivity contribution is -0.750. The number of hydrogen-bond acceptors (Lipinski definition) is 6. The Labute approximate surface area is 233 Å². The number of carbonyl (C=O) groups excluding carboxylic acids is 1. The Bertz CT molecular complexity index is 1550. The highest BCUT2D eigenvalue weighted by Gasteiger charge is 2.52. The molecule has 3 atom stereocenters. The van der Waals surface area contributed by atoms with E-state index in [1.807, 2.05) is 0 Å². The van der Waals surface area contributed by atoms with Crippen LogP contribution in [0.3, 0.4) is 0 Å². The number of halogens is 6. The van der Waals surface area contributed by atoms with Crippen molar-refractivity contribution < 1.29 is 45.6 Å². The summed E-state index contributed by atoms with van der Waals surface area (Å²) < 4.78 is 78.9. The second kappa shape index (κ2) is 10.4. The molecule has 3 aliphatic heterocycles. The lowest BCUT2D eigenvalue weighted by atomic mass is 9.89. The van der Waals surface area contributed by atoms with E-state index in [0.717, 1.165) is 12.3 Å². The number of carbonyl (C=O) groups is 2. The van der Waals surface area contributed by atoms with Gasteiger partial charge in [-0.05, 0) is 49.2 Å². The number of alkyl halides is 6. The van der Waals surface area contributed by atoms with E-state index in [2.05, 4.69) is 20.3 Å². The first-order chi connectivity index (χ1) is 19.7. The third kappa shape index (κ3) is 5.37. The van der Waals surface area contributed by atoms with E-state index in [-0.39, 0.29) is 23.6 Å². The summed E-state index contributed by atoms with van der Waals surface area (Å²) >= 11 is 0. The summed E-state index contributed by atoms with van der Waals surface area (Å²) in [7, 11) is 0. The molecule has 220 valence electrons. The first-order valence-corrected chi connectivity index (χ1v) is 12.4. The highest BCUT2D eigenvalue weighted by atomic mass is 19.4. The molecule has 1 aromatic carbocycles. The zero-order chi connectivity index (χ0) is 30.4. The van der Waals surface area contributed by atoms with Crippen molar-refractivity contribution >= 4 is 29.9 Å². The predicted molar refractivity (Wildman–Crippen MR) is 137 cm³/mol. The van der Waals surface area contributed by atoms with Crippen LogP contribution >= 0.6 is 0 Å². The van der Waals surface area contributed by atoms with Crippen molar-refractivity contribution in [1.29, 1.82) is 0 Å². The van der Waals surface area contributed by atoms with Crippen LogP contribution in [-0.4, -0.2) is 62.4 Å². The van der Waals surface area contributed by atoms with Gasteiger partial charge in [-0.25, -0.2) is 9.78 Å². The van der Waals surface area contributed by atoms with E-state index in [9.17, 15) is 41.0 Å². The lowest BCUT2D eigenvalue weighted by Crippen LogP contribution is -2.54. The van der Waals surface area contributed by atoms with Crippen LogP contribution in [0.4, 0.5) is 37.0 Å². The van der Waals surface area contributed by atoms with E-state index in [1.165, 1.54) is 42.9 Å². The molecule has 2 aromatic rings. The van der Waals surface area contributed by atoms with Gasteiger partial charge < -0.3 is 10.4 Å². The number of quaternary nitrogens is 1. The minimum atomic E-state index is -4.72. The van der Waals surface area contributed by atoms with Gasteiger partial charge in [-0.3, -0.25) is 14.7 Å². The van der Waals surface area contributed by atoms with E-state index in [0.29, 0.717) is 27.9 Å². The van der Waals surface area contributed by atoms with E-state index in [4.69, 9.17) is 5.84 Å². The van der Waals surface area contributed by atoms with Crippen molar-refractivity contribution in [2.24, 2.45) is 21.7 Å². The molecule has 16 heteroatoms. The number of pyridine rings is 1. The van der Waals surface area contributed by atoms with Crippen LogP contribution in [0.5, 0.6) is 0 Å². The van der Waals surface area contributed by atoms with Gasteiger partial charge in [0.1, 0.15) is 23.8 Å². The Morgan fingerprint density at radius 1 is 1.07 bits per heavy atom. The molecule has 4 heterocycles. The molecule has 3 aliphatic rings. The summed E-state index contributed by atoms with van der Waals surface area (Å²) in [6.45, 7) is -0.449. The molecule has 10 nitrogen and oxygen atoms in total. The van der Waals surface area contributed by atoms with Gasteiger partial charge >= 0.3 is 18.4 Å². The summed E-state index contributed by atoms with van der Waals surface area (Å²) in [6.07, 6.45) is -6.24. The van der Waals surface area contributed by atoms with Gasteiger partial charge in [0.25, 0.3) is 11.7 Å². The normalized spacial score (nSPS) is 24.0. The van der Waals surface area contributed by atoms with E-state index >= 15 is 0 Å². The van der Waals surface area contributed by atoms with Gasteiger partial charge in [-0.15, -0.1) is 4.59 Å². The molecular weight excluding hydrogens is 572 g/mol. The van der Waals surface area contributed by atoms with Gasteiger partial charge in [-0.2, -0.15) is 37.2 Å². The van der Waals surface area contributed by atoms with Crippen LogP contribution < -0.4 is 11.2 Å². The maximum Gasteiger partial charge on any atom is 0.416 e. The van der Waals surface area contributed by atoms with Crippen molar-refractivity contribution in [2.75, 3.05) is 11.9 Å². The highest BCUT2D eigenvalue weighted by molar-refractivity contribution is 6.05. The van der Waals surface area contributed by atoms with Crippen LogP contribution in [0.15, 0.2) is 76.4 Å². The van der Waals surface area contributed by atoms with Gasteiger partial charge in [0, 0.05) is 24.2 Å². The van der Waals surface area contributed by atoms with Crippen LogP contribution in [-0.2, 0) is 6.18 Å². The Hall–Kier alpha value is -4.57. The van der Waals surface area contributed by atoms with E-state index < -0.39 is 59.4 Å². The number of amides is 2. The molecule has 0 radical (unpaired) electrons. The maximum atomic E-state index is 13.5. The van der Waals surface area contributed by atoms with Gasteiger partial charge in [0.2, 0.25) is 5.70 Å². The number of benzene rings is 1. The molecule has 1 saturated heterocycles. The van der Waals surface area contributed by atoms with Crippen molar-refractivity contribution in [3.05, 3.63) is 83.1 Å². The fourth-order valence-electron chi connectivity index (χ4n) is 5.09. The number of nitrogens with two attached hydrogens (primary N) is 1. The number of aliphatic imine (C=N–C) groups is 2. The zero-order valence-corrected chi connectivity index (χ0v) is 21.4. The molecule has 1 aromatic heterocycles. The number of fused-ring (bicyclic) bond motifs is 1. The number of carboxylic acid groups (broad SMARTS) is 1. The SMILES string of the molecule is N[N+]12C=CN=CC1=C([C@H]1CC[C@H](C(F)(F)F)N(C(=O)O)C1)N=C2c1ccc(C(=O)Nc2cc(C(F)(F)F)ccn2)cc1. The monoisotopic (exact) mass is 594 g/mol. The van der Waals surface area contributed by atoms with Gasteiger partial charge in [0.05, 0.1) is 23.5 Å². The molecule has 42 heavy (non-hydrogen) atoms. The minimum absolute atomic E-state index is 0.00378. The number of anilines is 1. The molecular formula is C26H22F6N7O3+. The lowest BCUT2D eigenvalue weighted by Gasteiger charge is -2.38. The summed E-state index contributed by atoms with van der Waals surface area (Å²) in [6, 6.07) is 5.14. The number of piperidine rings is 1. The average Bonchev–Trinajstić information content (AvgIpc) is 3.25. The Morgan fingerprint density at radius 2 is 1.79 bits per heavy atom. The number of allylic oxidation sites excluding steroid dienone is 1. The van der Waals surface area contributed by atoms with E-state index in [1.54, 1.807) is 0 Å². The number of likely N-dealkylation sites (tertiary alicyclic amines) is 1. The third-order valence-corrected chi connectivity index (χ3v) is 7.15. The fourth-order valence-corrected chi connectivity index (χ4v) is 5.09. The van der Waals surface area contributed by atoms with Crippen LogP contribution in [0.25, 0.3) is 0 Å². The van der Waals surface area contributed by atoms with Gasteiger partial charge in [0.15, 0.2) is 0 Å². The molecule has 0 saturated carbocycles. The van der Waals surface area contributed by atoms with Crippen LogP contribution in [0.2, 0.25) is 0 Å². The van der Waals surface area contributed by atoms with Crippen LogP contribution in [0, 0.1) is 5.92 Å². The molecule has 4 N–H and O–H groups in total. The molecule has 1 fully saturated rings. The largest absolute Gasteiger partial charge is 0.465 e. The first kappa shape index (κ1) is 28.9. The van der Waals surface area contributed by atoms with Gasteiger partial charge in [-0.1, -0.05) is 0 Å². The smallest absolute Gasteiger partial charge is 0.416 e. The summed E-state index contributed by atoms with van der Waals surface area (Å²) in [4.78, 5) is 37.2. The second-order valence-corrected chi connectivity index (χ2v) is 9.79. The number of nitrogens with zero attached hydrogens (tertiary/aromatic N) is 5. The number of hydrogen-bond donors (Lipinski definition) is 3. The zero-order valence-electron chi connectivity index (χ0n) is 21.4. The Morgan fingerprint density at radius 3 is 2.43 bits per heavy atom. The topological polar surface area (TPSA) is 133 Å². The number of aromatic nitrogens is 1. The minimum Gasteiger partial charge on any atom is -0.465 e. The molecule has 2 amide bonds. The third-order valence-electron chi connectivity index (χ3n) is 7.15. The molecule has 0 bridgehead atoms. The van der Waals surface area contributed by atoms with Crippen molar-refractivity contribution in [1.82, 2.24) is 9.88 Å². The highest BCUT2D eigenvalue weighted by Crippen LogP contribution is 2.41. The van der Waals surface area contributed by atoms with Crippen LogP contribution in [0.1, 0.15) is 34.3 Å². The predicted octanol–water partition coefficient (Wildman–Crippen LogP) is 4.89. The number of amidine groups is 1. The molecule has 0 aliphatic carbocycles. The summed E-state index contributed by atoms with van der Waals surface area (Å²) in [5.41, 5.74) is 0.190. The Kier molecular flexibility index (Phi) is 7.14. The van der Waals surface area contributed by atoms with Crippen molar-refractivity contribution in [2.45, 2.75) is 31.2 Å². The molecule has 1 unspecified atom stereocenters. The number of nitrogens with one attached hydrogen (secondary N) is 1. The second-order valence-electron chi connectivity index (χ2n) is 9.79. The average molecular weight is 594 g/mol. The van der Waals surface area contributed by atoms with Crippen molar-refractivity contribution in [3.8, 4) is 0 Å². The number of rotatable bonds is 4. The molecule has 0 spiro atoms.